The van der Waals surface area contributed by atoms with Crippen molar-refractivity contribution in [2.24, 2.45) is 11.7 Å². The molecule has 3 N–H and O–H groups in total. The second-order valence-electron chi connectivity index (χ2n) is 6.05. The monoisotopic (exact) mass is 344 g/mol. The molecule has 0 aliphatic rings. The van der Waals surface area contributed by atoms with Gasteiger partial charge in [0.2, 0.25) is 0 Å². The summed E-state index contributed by atoms with van der Waals surface area (Å²) in [6.07, 6.45) is 0. The maximum Gasteiger partial charge on any atom is 0.255 e. The van der Waals surface area contributed by atoms with Gasteiger partial charge in [-0.15, -0.1) is 0 Å². The molecule has 2 amide bonds. The minimum absolute atomic E-state index is 0.257. The smallest absolute Gasteiger partial charge is 0.255 e. The minimum atomic E-state index is -0.641. The van der Waals surface area contributed by atoms with E-state index in [1.165, 1.54) is 12.1 Å². The van der Waals surface area contributed by atoms with Gasteiger partial charge in [-0.3, -0.25) is 9.59 Å². The number of nitrogens with one attached hydrogen (secondary N) is 1. The van der Waals surface area contributed by atoms with E-state index >= 15 is 0 Å². The molecule has 6 heteroatoms. The minimum Gasteiger partial charge on any atom is -0.483 e. The molecule has 0 saturated heterocycles. The van der Waals surface area contributed by atoms with Crippen LogP contribution >= 0.6 is 0 Å². The second kappa shape index (κ2) is 8.28. The number of hydrogen-bond donors (Lipinski definition) is 2. The van der Waals surface area contributed by atoms with Crippen LogP contribution in [0.15, 0.2) is 42.5 Å². The normalized spacial score (nSPS) is 10.6. The quantitative estimate of drug-likeness (QED) is 0.810. The van der Waals surface area contributed by atoms with Crippen molar-refractivity contribution in [3.63, 3.8) is 0 Å². The molecule has 2 aromatic rings. The van der Waals surface area contributed by atoms with Gasteiger partial charge in [0.25, 0.3) is 11.8 Å². The zero-order valence-corrected chi connectivity index (χ0v) is 14.2. The van der Waals surface area contributed by atoms with Crippen LogP contribution in [0.3, 0.4) is 0 Å². The number of amides is 2. The maximum absolute atomic E-state index is 14.2. The molecule has 25 heavy (non-hydrogen) atoms. The highest BCUT2D eigenvalue weighted by Crippen LogP contribution is 2.33. The largest absolute Gasteiger partial charge is 0.483 e. The Hall–Kier alpha value is -2.89. The number of carbonyl (C=O) groups is 2. The summed E-state index contributed by atoms with van der Waals surface area (Å²) >= 11 is 0. The number of carbonyl (C=O) groups excluding carboxylic acids is 2. The van der Waals surface area contributed by atoms with Gasteiger partial charge >= 0.3 is 0 Å². The molecule has 132 valence electrons. The first-order valence-corrected chi connectivity index (χ1v) is 7.96. The van der Waals surface area contributed by atoms with Crippen molar-refractivity contribution in [1.82, 2.24) is 5.32 Å². The molecule has 0 aliphatic heterocycles. The lowest BCUT2D eigenvalue weighted by Crippen LogP contribution is -2.27. The van der Waals surface area contributed by atoms with Crippen molar-refractivity contribution in [1.29, 1.82) is 0 Å². The fourth-order valence-electron chi connectivity index (χ4n) is 2.23. The van der Waals surface area contributed by atoms with Crippen LogP contribution in [0.2, 0.25) is 0 Å². The first kappa shape index (κ1) is 18.4. The molecule has 2 rings (SSSR count). The van der Waals surface area contributed by atoms with Crippen LogP contribution in [0.1, 0.15) is 24.2 Å². The van der Waals surface area contributed by atoms with Crippen LogP contribution in [0.4, 0.5) is 4.39 Å². The molecule has 0 unspecified atom stereocenters. The van der Waals surface area contributed by atoms with E-state index in [9.17, 15) is 14.0 Å². The molecule has 0 heterocycles. The summed E-state index contributed by atoms with van der Waals surface area (Å²) in [4.78, 5) is 23.2. The summed E-state index contributed by atoms with van der Waals surface area (Å²) in [7, 11) is 0. The molecule has 0 radical (unpaired) electrons. The average molecular weight is 344 g/mol. The third-order valence-electron chi connectivity index (χ3n) is 3.45. The fraction of sp³-hybridized carbons (Fsp3) is 0.263. The number of halogens is 1. The van der Waals surface area contributed by atoms with Crippen molar-refractivity contribution < 1.29 is 18.7 Å². The summed E-state index contributed by atoms with van der Waals surface area (Å²) in [6.45, 7) is 4.19. The SMILES string of the molecule is CC(C)CNC(=O)c1ccc(OCC(N)=O)c(-c2ccccc2F)c1. The second-order valence-corrected chi connectivity index (χ2v) is 6.05. The van der Waals surface area contributed by atoms with Gasteiger partial charge in [-0.2, -0.15) is 0 Å². The van der Waals surface area contributed by atoms with E-state index in [0.717, 1.165) is 0 Å². The van der Waals surface area contributed by atoms with Crippen molar-refractivity contribution in [2.75, 3.05) is 13.2 Å². The van der Waals surface area contributed by atoms with Crippen LogP contribution in [-0.2, 0) is 4.79 Å². The zero-order valence-electron chi connectivity index (χ0n) is 14.2. The van der Waals surface area contributed by atoms with Crippen LogP contribution < -0.4 is 15.8 Å². The molecule has 0 atom stereocenters. The van der Waals surface area contributed by atoms with Gasteiger partial charge in [-0.05, 0) is 30.2 Å². The van der Waals surface area contributed by atoms with Gasteiger partial charge in [0.05, 0.1) is 0 Å². The summed E-state index contributed by atoms with van der Waals surface area (Å²) in [5.74, 6) is -0.755. The molecule has 0 saturated carbocycles. The Labute approximate surface area is 146 Å². The van der Waals surface area contributed by atoms with Crippen LogP contribution in [0.5, 0.6) is 5.75 Å². The van der Waals surface area contributed by atoms with Gasteiger partial charge in [-0.1, -0.05) is 32.0 Å². The number of hydrogen-bond acceptors (Lipinski definition) is 3. The van der Waals surface area contributed by atoms with E-state index in [0.29, 0.717) is 23.6 Å². The third-order valence-corrected chi connectivity index (χ3v) is 3.45. The molecular weight excluding hydrogens is 323 g/mol. The van der Waals surface area contributed by atoms with Crippen molar-refractivity contribution in [2.45, 2.75) is 13.8 Å². The van der Waals surface area contributed by atoms with E-state index in [1.54, 1.807) is 30.3 Å². The van der Waals surface area contributed by atoms with E-state index in [2.05, 4.69) is 5.32 Å². The zero-order chi connectivity index (χ0) is 18.4. The van der Waals surface area contributed by atoms with Crippen LogP contribution in [-0.4, -0.2) is 25.0 Å². The van der Waals surface area contributed by atoms with E-state index < -0.39 is 11.7 Å². The molecule has 0 aliphatic carbocycles. The molecule has 0 spiro atoms. The Morgan fingerprint density at radius 3 is 2.52 bits per heavy atom. The van der Waals surface area contributed by atoms with Crippen LogP contribution in [0.25, 0.3) is 11.1 Å². The predicted octanol–water partition coefficient (Wildman–Crippen LogP) is 2.74. The summed E-state index contributed by atoms with van der Waals surface area (Å²) in [6, 6.07) is 10.8. The number of ether oxygens (including phenoxy) is 1. The maximum atomic E-state index is 14.2. The lowest BCUT2D eigenvalue weighted by atomic mass is 10.0. The number of nitrogens with two attached hydrogens (primary N) is 1. The molecule has 5 nitrogen and oxygen atoms in total. The summed E-state index contributed by atoms with van der Waals surface area (Å²) in [5, 5.41) is 2.81. The first-order chi connectivity index (χ1) is 11.9. The lowest BCUT2D eigenvalue weighted by Gasteiger charge is -2.14. The first-order valence-electron chi connectivity index (χ1n) is 7.96. The van der Waals surface area contributed by atoms with Crippen molar-refractivity contribution in [3.05, 3.63) is 53.8 Å². The topological polar surface area (TPSA) is 81.4 Å². The van der Waals surface area contributed by atoms with E-state index in [1.807, 2.05) is 13.8 Å². The molecule has 0 aromatic heterocycles. The highest BCUT2D eigenvalue weighted by atomic mass is 19.1. The van der Waals surface area contributed by atoms with Crippen molar-refractivity contribution >= 4 is 11.8 Å². The van der Waals surface area contributed by atoms with Crippen molar-refractivity contribution in [3.8, 4) is 16.9 Å². The van der Waals surface area contributed by atoms with Gasteiger partial charge < -0.3 is 15.8 Å². The fourth-order valence-corrected chi connectivity index (χ4v) is 2.23. The molecule has 0 bridgehead atoms. The van der Waals surface area contributed by atoms with Crippen LogP contribution in [0, 0.1) is 11.7 Å². The Morgan fingerprint density at radius 2 is 1.88 bits per heavy atom. The third kappa shape index (κ3) is 5.04. The molecular formula is C19H21FN2O3. The Kier molecular flexibility index (Phi) is 6.11. The highest BCUT2D eigenvalue weighted by Gasteiger charge is 2.15. The summed E-state index contributed by atoms with van der Waals surface area (Å²) in [5.41, 5.74) is 6.15. The highest BCUT2D eigenvalue weighted by molar-refractivity contribution is 5.96. The number of rotatable bonds is 7. The Morgan fingerprint density at radius 1 is 1.16 bits per heavy atom. The summed E-state index contributed by atoms with van der Waals surface area (Å²) < 4.78 is 19.6. The average Bonchev–Trinajstić information content (AvgIpc) is 2.58. The van der Waals surface area contributed by atoms with Gasteiger partial charge in [-0.25, -0.2) is 4.39 Å². The predicted molar refractivity (Wildman–Crippen MR) is 93.7 cm³/mol. The van der Waals surface area contributed by atoms with E-state index in [4.69, 9.17) is 10.5 Å². The molecule has 0 fully saturated rings. The van der Waals surface area contributed by atoms with Gasteiger partial charge in [0.15, 0.2) is 6.61 Å². The number of benzene rings is 2. The lowest BCUT2D eigenvalue weighted by molar-refractivity contribution is -0.119. The Balaban J connectivity index is 2.40. The van der Waals surface area contributed by atoms with Gasteiger partial charge in [0, 0.05) is 23.2 Å². The number of primary amides is 1. The van der Waals surface area contributed by atoms with E-state index in [-0.39, 0.29) is 23.8 Å². The van der Waals surface area contributed by atoms with Gasteiger partial charge in [0.1, 0.15) is 11.6 Å². The standard InChI is InChI=1S/C19H21FN2O3/c1-12(2)10-22-19(24)13-7-8-17(25-11-18(21)23)15(9-13)14-5-3-4-6-16(14)20/h3-9,12H,10-11H2,1-2H3,(H2,21,23)(H,22,24). The molecule has 2 aromatic carbocycles. The Bertz CT molecular complexity index is 775.